The van der Waals surface area contributed by atoms with Crippen LogP contribution in [0.1, 0.15) is 17.0 Å². The predicted octanol–water partition coefficient (Wildman–Crippen LogP) is 2.87. The number of rotatable bonds is 2. The van der Waals surface area contributed by atoms with Crippen molar-refractivity contribution in [2.75, 3.05) is 7.11 Å². The number of methoxy groups -OCH3 is 1. The summed E-state index contributed by atoms with van der Waals surface area (Å²) < 4.78 is 5.17. The molecule has 74 valence electrons. The summed E-state index contributed by atoms with van der Waals surface area (Å²) in [7, 11) is 1.65. The van der Waals surface area contributed by atoms with Gasteiger partial charge in [0.25, 0.3) is 0 Å². The minimum atomic E-state index is 0. The SMILES string of the molecule is COc1cc(CCl)nc(C)c1C.Cl. The maximum Gasteiger partial charge on any atom is 0.125 e. The highest BCUT2D eigenvalue weighted by molar-refractivity contribution is 6.16. The molecule has 1 rings (SSSR count). The zero-order chi connectivity index (χ0) is 9.14. The Bertz CT molecular complexity index is 289. The Morgan fingerprint density at radius 3 is 2.54 bits per heavy atom. The second-order valence-electron chi connectivity index (χ2n) is 2.66. The van der Waals surface area contributed by atoms with E-state index in [2.05, 4.69) is 4.98 Å². The predicted molar refractivity (Wildman–Crippen MR) is 57.1 cm³/mol. The molecule has 0 saturated carbocycles. The van der Waals surface area contributed by atoms with Gasteiger partial charge in [-0.2, -0.15) is 0 Å². The molecule has 0 bridgehead atoms. The van der Waals surface area contributed by atoms with E-state index in [1.54, 1.807) is 7.11 Å². The Morgan fingerprint density at radius 1 is 1.46 bits per heavy atom. The Hall–Kier alpha value is -0.470. The van der Waals surface area contributed by atoms with Gasteiger partial charge in [-0.1, -0.05) is 0 Å². The Balaban J connectivity index is 0.00000144. The average Bonchev–Trinajstić information content (AvgIpc) is 2.09. The van der Waals surface area contributed by atoms with Gasteiger partial charge >= 0.3 is 0 Å². The molecule has 0 saturated heterocycles. The molecule has 0 radical (unpaired) electrons. The third-order valence-electron chi connectivity index (χ3n) is 1.88. The fourth-order valence-electron chi connectivity index (χ4n) is 1.05. The van der Waals surface area contributed by atoms with E-state index in [-0.39, 0.29) is 12.4 Å². The van der Waals surface area contributed by atoms with Crippen LogP contribution in [0.5, 0.6) is 5.75 Å². The van der Waals surface area contributed by atoms with Crippen LogP contribution in [0, 0.1) is 13.8 Å². The summed E-state index contributed by atoms with van der Waals surface area (Å²) in [5.74, 6) is 1.29. The fraction of sp³-hybridized carbons (Fsp3) is 0.444. The van der Waals surface area contributed by atoms with Gasteiger partial charge in [0.15, 0.2) is 0 Å². The zero-order valence-corrected chi connectivity index (χ0v) is 9.50. The topological polar surface area (TPSA) is 22.1 Å². The van der Waals surface area contributed by atoms with E-state index >= 15 is 0 Å². The molecule has 0 fully saturated rings. The first-order valence-electron chi connectivity index (χ1n) is 3.76. The minimum absolute atomic E-state index is 0. The highest BCUT2D eigenvalue weighted by Gasteiger charge is 2.04. The van der Waals surface area contributed by atoms with Crippen molar-refractivity contribution in [3.8, 4) is 5.75 Å². The molecule has 13 heavy (non-hydrogen) atoms. The number of alkyl halides is 1. The summed E-state index contributed by atoms with van der Waals surface area (Å²) in [6, 6.07) is 1.87. The molecule has 0 amide bonds. The molecular weight excluding hydrogens is 209 g/mol. The normalized spacial score (nSPS) is 9.23. The van der Waals surface area contributed by atoms with Crippen LogP contribution < -0.4 is 4.74 Å². The highest BCUT2D eigenvalue weighted by atomic mass is 35.5. The van der Waals surface area contributed by atoms with Gasteiger partial charge in [-0.05, 0) is 13.8 Å². The van der Waals surface area contributed by atoms with Gasteiger partial charge in [0.2, 0.25) is 0 Å². The summed E-state index contributed by atoms with van der Waals surface area (Å²) in [6.45, 7) is 3.94. The lowest BCUT2D eigenvalue weighted by atomic mass is 10.2. The Morgan fingerprint density at radius 2 is 2.08 bits per heavy atom. The van der Waals surface area contributed by atoms with Gasteiger partial charge in [-0.15, -0.1) is 24.0 Å². The number of hydrogen-bond acceptors (Lipinski definition) is 2. The van der Waals surface area contributed by atoms with Crippen LogP contribution in [-0.4, -0.2) is 12.1 Å². The third kappa shape index (κ3) is 2.75. The van der Waals surface area contributed by atoms with E-state index < -0.39 is 0 Å². The number of aromatic nitrogens is 1. The van der Waals surface area contributed by atoms with E-state index in [9.17, 15) is 0 Å². The van der Waals surface area contributed by atoms with Gasteiger partial charge in [0.05, 0.1) is 18.7 Å². The maximum absolute atomic E-state index is 5.66. The number of hydrogen-bond donors (Lipinski definition) is 0. The van der Waals surface area contributed by atoms with Crippen LogP contribution in [0.3, 0.4) is 0 Å². The van der Waals surface area contributed by atoms with E-state index in [4.69, 9.17) is 16.3 Å². The molecule has 0 aliphatic rings. The van der Waals surface area contributed by atoms with E-state index in [0.717, 1.165) is 22.7 Å². The van der Waals surface area contributed by atoms with E-state index in [0.29, 0.717) is 5.88 Å². The van der Waals surface area contributed by atoms with Gasteiger partial charge < -0.3 is 4.74 Å². The molecule has 0 aliphatic heterocycles. The lowest BCUT2D eigenvalue weighted by Gasteiger charge is -2.08. The first-order chi connectivity index (χ1) is 5.69. The van der Waals surface area contributed by atoms with Crippen LogP contribution in [-0.2, 0) is 5.88 Å². The quantitative estimate of drug-likeness (QED) is 0.718. The number of pyridine rings is 1. The molecule has 1 heterocycles. The van der Waals surface area contributed by atoms with Crippen molar-refractivity contribution in [1.29, 1.82) is 0 Å². The van der Waals surface area contributed by atoms with Crippen molar-refractivity contribution in [3.63, 3.8) is 0 Å². The summed E-state index contributed by atoms with van der Waals surface area (Å²) in [4.78, 5) is 4.29. The summed E-state index contributed by atoms with van der Waals surface area (Å²) >= 11 is 5.66. The van der Waals surface area contributed by atoms with Gasteiger partial charge in [0.1, 0.15) is 5.75 Å². The first kappa shape index (κ1) is 12.5. The van der Waals surface area contributed by atoms with Gasteiger partial charge in [0, 0.05) is 17.3 Å². The molecule has 0 atom stereocenters. The van der Waals surface area contributed by atoms with Crippen LogP contribution in [0.25, 0.3) is 0 Å². The Labute approximate surface area is 89.7 Å². The highest BCUT2D eigenvalue weighted by Crippen LogP contribution is 2.21. The molecule has 2 nitrogen and oxygen atoms in total. The van der Waals surface area contributed by atoms with Crippen molar-refractivity contribution in [1.82, 2.24) is 4.98 Å². The monoisotopic (exact) mass is 221 g/mol. The molecule has 1 aromatic heterocycles. The largest absolute Gasteiger partial charge is 0.496 e. The molecule has 1 aromatic rings. The standard InChI is InChI=1S/C9H12ClNO.ClH/c1-6-7(2)11-8(5-10)4-9(6)12-3;/h4H,5H2,1-3H3;1H. The van der Waals surface area contributed by atoms with Crippen molar-refractivity contribution >= 4 is 24.0 Å². The molecule has 0 spiro atoms. The van der Waals surface area contributed by atoms with Gasteiger partial charge in [-0.25, -0.2) is 0 Å². The number of halogens is 2. The summed E-state index contributed by atoms with van der Waals surface area (Å²) in [5, 5.41) is 0. The molecule has 4 heteroatoms. The fourth-order valence-corrected chi connectivity index (χ4v) is 1.19. The Kier molecular flexibility index (Phi) is 5.11. The smallest absolute Gasteiger partial charge is 0.125 e. The van der Waals surface area contributed by atoms with Gasteiger partial charge in [-0.3, -0.25) is 4.98 Å². The number of ether oxygens (including phenoxy) is 1. The molecular formula is C9H13Cl2NO. The zero-order valence-electron chi connectivity index (χ0n) is 7.93. The van der Waals surface area contributed by atoms with Crippen LogP contribution >= 0.6 is 24.0 Å². The van der Waals surface area contributed by atoms with E-state index in [1.165, 1.54) is 0 Å². The number of nitrogens with zero attached hydrogens (tertiary/aromatic N) is 1. The van der Waals surface area contributed by atoms with E-state index in [1.807, 2.05) is 19.9 Å². The second-order valence-corrected chi connectivity index (χ2v) is 2.93. The number of aryl methyl sites for hydroxylation is 1. The minimum Gasteiger partial charge on any atom is -0.496 e. The lowest BCUT2D eigenvalue weighted by Crippen LogP contribution is -1.96. The van der Waals surface area contributed by atoms with Crippen molar-refractivity contribution in [2.45, 2.75) is 19.7 Å². The van der Waals surface area contributed by atoms with Crippen molar-refractivity contribution in [3.05, 3.63) is 23.0 Å². The average molecular weight is 222 g/mol. The second kappa shape index (κ2) is 5.30. The van der Waals surface area contributed by atoms with Crippen LogP contribution in [0.4, 0.5) is 0 Å². The van der Waals surface area contributed by atoms with Crippen LogP contribution in [0.2, 0.25) is 0 Å². The molecule has 0 aromatic carbocycles. The lowest BCUT2D eigenvalue weighted by molar-refractivity contribution is 0.410. The van der Waals surface area contributed by atoms with Crippen LogP contribution in [0.15, 0.2) is 6.07 Å². The molecule has 0 aliphatic carbocycles. The summed E-state index contributed by atoms with van der Waals surface area (Å²) in [5.41, 5.74) is 2.91. The molecule has 0 unspecified atom stereocenters. The summed E-state index contributed by atoms with van der Waals surface area (Å²) in [6.07, 6.45) is 0. The maximum atomic E-state index is 5.66. The molecule has 0 N–H and O–H groups in total. The third-order valence-corrected chi connectivity index (χ3v) is 2.15. The first-order valence-corrected chi connectivity index (χ1v) is 4.29. The van der Waals surface area contributed by atoms with Crippen molar-refractivity contribution in [2.24, 2.45) is 0 Å². The van der Waals surface area contributed by atoms with Crippen molar-refractivity contribution < 1.29 is 4.74 Å².